The van der Waals surface area contributed by atoms with Gasteiger partial charge in [-0.25, -0.2) is 4.98 Å². The molecule has 1 aliphatic rings. The van der Waals surface area contributed by atoms with Crippen LogP contribution in [0.3, 0.4) is 0 Å². The number of fused-ring (bicyclic) bond motifs is 1. The minimum absolute atomic E-state index is 0.942. The lowest BCUT2D eigenvalue weighted by Crippen LogP contribution is -2.45. The number of anilines is 1. The van der Waals surface area contributed by atoms with Gasteiger partial charge in [-0.05, 0) is 12.1 Å². The molecule has 1 fully saturated rings. The van der Waals surface area contributed by atoms with Gasteiger partial charge >= 0.3 is 0 Å². The van der Waals surface area contributed by atoms with Crippen LogP contribution in [0.4, 0.5) is 5.95 Å². The van der Waals surface area contributed by atoms with E-state index < -0.39 is 0 Å². The van der Waals surface area contributed by atoms with Crippen LogP contribution in [0.1, 0.15) is 0 Å². The molecule has 0 unspecified atom stereocenters. The fourth-order valence-electron chi connectivity index (χ4n) is 2.56. The van der Waals surface area contributed by atoms with Gasteiger partial charge in [-0.1, -0.05) is 12.1 Å². The molecule has 1 aromatic carbocycles. The van der Waals surface area contributed by atoms with Crippen molar-refractivity contribution in [1.82, 2.24) is 19.8 Å². The fourth-order valence-corrected chi connectivity index (χ4v) is 2.56. The number of imidazole rings is 1. The van der Waals surface area contributed by atoms with Crippen LogP contribution in [0.2, 0.25) is 0 Å². The number of nitrogens with one attached hydrogen (secondary N) is 2. The molecule has 0 radical (unpaired) electrons. The normalized spacial score (nSPS) is 16.9. The van der Waals surface area contributed by atoms with Gasteiger partial charge in [-0.3, -0.25) is 4.90 Å². The molecule has 5 heteroatoms. The maximum absolute atomic E-state index is 4.62. The summed E-state index contributed by atoms with van der Waals surface area (Å²) >= 11 is 0. The van der Waals surface area contributed by atoms with E-state index in [0.717, 1.165) is 50.7 Å². The fraction of sp³-hybridized carbons (Fsp3) is 0.500. The van der Waals surface area contributed by atoms with Crippen LogP contribution in [-0.2, 0) is 7.05 Å². The van der Waals surface area contributed by atoms with Crippen molar-refractivity contribution in [3.05, 3.63) is 24.3 Å². The maximum Gasteiger partial charge on any atom is 0.203 e. The van der Waals surface area contributed by atoms with E-state index in [4.69, 9.17) is 0 Å². The van der Waals surface area contributed by atoms with Gasteiger partial charge in [0.25, 0.3) is 0 Å². The second-order valence-corrected chi connectivity index (χ2v) is 5.00. The molecule has 0 amide bonds. The van der Waals surface area contributed by atoms with Crippen molar-refractivity contribution in [2.75, 3.05) is 44.6 Å². The van der Waals surface area contributed by atoms with Gasteiger partial charge in [0.1, 0.15) is 0 Å². The number of hydrogen-bond donors (Lipinski definition) is 2. The average Bonchev–Trinajstić information content (AvgIpc) is 2.78. The second-order valence-electron chi connectivity index (χ2n) is 5.00. The molecule has 0 bridgehead atoms. The second kappa shape index (κ2) is 5.59. The van der Waals surface area contributed by atoms with E-state index in [2.05, 4.69) is 50.3 Å². The number of aryl methyl sites for hydroxylation is 1. The topological polar surface area (TPSA) is 45.1 Å². The van der Waals surface area contributed by atoms with E-state index in [9.17, 15) is 0 Å². The summed E-state index contributed by atoms with van der Waals surface area (Å²) in [7, 11) is 2.06. The molecule has 0 spiro atoms. The molecular weight excluding hydrogens is 238 g/mol. The highest BCUT2D eigenvalue weighted by atomic mass is 15.2. The minimum Gasteiger partial charge on any atom is -0.354 e. The van der Waals surface area contributed by atoms with Crippen LogP contribution in [0.15, 0.2) is 24.3 Å². The Kier molecular flexibility index (Phi) is 3.66. The van der Waals surface area contributed by atoms with Gasteiger partial charge in [-0.15, -0.1) is 0 Å². The number of para-hydroxylation sites is 2. The number of nitrogens with zero attached hydrogens (tertiary/aromatic N) is 3. The van der Waals surface area contributed by atoms with E-state index >= 15 is 0 Å². The Labute approximate surface area is 113 Å². The van der Waals surface area contributed by atoms with E-state index in [1.807, 2.05) is 6.07 Å². The van der Waals surface area contributed by atoms with Crippen LogP contribution in [0.25, 0.3) is 11.0 Å². The van der Waals surface area contributed by atoms with Crippen molar-refractivity contribution in [2.24, 2.45) is 7.05 Å². The van der Waals surface area contributed by atoms with Gasteiger partial charge in [0.15, 0.2) is 0 Å². The standard InChI is InChI=1S/C14H21N5/c1-18-13-5-3-2-4-12(13)17-14(18)16-8-11-19-9-6-15-7-10-19/h2-5,15H,6-11H2,1H3,(H,16,17). The minimum atomic E-state index is 0.942. The smallest absolute Gasteiger partial charge is 0.203 e. The first kappa shape index (κ1) is 12.4. The predicted molar refractivity (Wildman–Crippen MR) is 78.5 cm³/mol. The summed E-state index contributed by atoms with van der Waals surface area (Å²) in [5, 5.41) is 6.81. The van der Waals surface area contributed by atoms with E-state index in [1.54, 1.807) is 0 Å². The summed E-state index contributed by atoms with van der Waals surface area (Å²) in [4.78, 5) is 7.09. The van der Waals surface area contributed by atoms with E-state index in [1.165, 1.54) is 5.52 Å². The Morgan fingerprint density at radius 1 is 1.26 bits per heavy atom. The highest BCUT2D eigenvalue weighted by Gasteiger charge is 2.10. The highest BCUT2D eigenvalue weighted by molar-refractivity contribution is 5.78. The summed E-state index contributed by atoms with van der Waals surface area (Å²) in [6, 6.07) is 8.23. The number of piperazine rings is 1. The van der Waals surface area contributed by atoms with Gasteiger partial charge in [0.05, 0.1) is 11.0 Å². The third-order valence-electron chi connectivity index (χ3n) is 3.71. The molecule has 1 aliphatic heterocycles. The van der Waals surface area contributed by atoms with Crippen LogP contribution in [0.5, 0.6) is 0 Å². The highest BCUT2D eigenvalue weighted by Crippen LogP contribution is 2.17. The summed E-state index contributed by atoms with van der Waals surface area (Å²) in [6.07, 6.45) is 0. The van der Waals surface area contributed by atoms with Crippen LogP contribution in [-0.4, -0.2) is 53.7 Å². The first-order valence-electron chi connectivity index (χ1n) is 6.93. The molecule has 0 saturated carbocycles. The molecule has 1 saturated heterocycles. The van der Waals surface area contributed by atoms with E-state index in [0.29, 0.717) is 0 Å². The molecule has 2 aromatic rings. The molecule has 1 aromatic heterocycles. The number of rotatable bonds is 4. The zero-order valence-electron chi connectivity index (χ0n) is 11.4. The first-order chi connectivity index (χ1) is 9.34. The number of aromatic nitrogens is 2. The monoisotopic (exact) mass is 259 g/mol. The molecule has 2 heterocycles. The zero-order chi connectivity index (χ0) is 13.1. The molecular formula is C14H21N5. The summed E-state index contributed by atoms with van der Waals surface area (Å²) in [5.41, 5.74) is 2.22. The van der Waals surface area contributed by atoms with Crippen molar-refractivity contribution in [3.8, 4) is 0 Å². The van der Waals surface area contributed by atoms with Crippen molar-refractivity contribution >= 4 is 17.0 Å². The summed E-state index contributed by atoms with van der Waals surface area (Å²) in [5.74, 6) is 0.955. The Morgan fingerprint density at radius 2 is 2.05 bits per heavy atom. The lowest BCUT2D eigenvalue weighted by Gasteiger charge is -2.27. The summed E-state index contributed by atoms with van der Waals surface area (Å²) < 4.78 is 2.12. The molecule has 102 valence electrons. The summed E-state index contributed by atoms with van der Waals surface area (Å²) in [6.45, 7) is 6.51. The number of hydrogen-bond acceptors (Lipinski definition) is 4. The Bertz CT molecular complexity index is 542. The third kappa shape index (κ3) is 2.72. The van der Waals surface area contributed by atoms with Gasteiger partial charge in [-0.2, -0.15) is 0 Å². The zero-order valence-corrected chi connectivity index (χ0v) is 11.4. The van der Waals surface area contributed by atoms with Gasteiger partial charge < -0.3 is 15.2 Å². The van der Waals surface area contributed by atoms with Crippen molar-refractivity contribution in [3.63, 3.8) is 0 Å². The lowest BCUT2D eigenvalue weighted by molar-refractivity contribution is 0.249. The molecule has 0 aliphatic carbocycles. The Hall–Kier alpha value is -1.59. The van der Waals surface area contributed by atoms with Crippen LogP contribution < -0.4 is 10.6 Å². The predicted octanol–water partition coefficient (Wildman–Crippen LogP) is 0.890. The molecule has 2 N–H and O–H groups in total. The van der Waals surface area contributed by atoms with Crippen molar-refractivity contribution in [2.45, 2.75) is 0 Å². The van der Waals surface area contributed by atoms with Crippen molar-refractivity contribution in [1.29, 1.82) is 0 Å². The molecule has 5 nitrogen and oxygen atoms in total. The Balaban J connectivity index is 1.60. The first-order valence-corrected chi connectivity index (χ1v) is 6.93. The van der Waals surface area contributed by atoms with E-state index in [-0.39, 0.29) is 0 Å². The molecule has 19 heavy (non-hydrogen) atoms. The van der Waals surface area contributed by atoms with Gasteiger partial charge in [0, 0.05) is 46.3 Å². The third-order valence-corrected chi connectivity index (χ3v) is 3.71. The molecule has 0 atom stereocenters. The lowest BCUT2D eigenvalue weighted by atomic mass is 10.3. The van der Waals surface area contributed by atoms with Crippen molar-refractivity contribution < 1.29 is 0 Å². The Morgan fingerprint density at radius 3 is 2.84 bits per heavy atom. The SMILES string of the molecule is Cn1c(NCCN2CCNCC2)nc2ccccc21. The number of benzene rings is 1. The average molecular weight is 259 g/mol. The maximum atomic E-state index is 4.62. The van der Waals surface area contributed by atoms with Crippen LogP contribution in [0, 0.1) is 0 Å². The molecule has 3 rings (SSSR count). The van der Waals surface area contributed by atoms with Gasteiger partial charge in [0.2, 0.25) is 5.95 Å². The van der Waals surface area contributed by atoms with Crippen LogP contribution >= 0.6 is 0 Å². The quantitative estimate of drug-likeness (QED) is 0.856. The largest absolute Gasteiger partial charge is 0.354 e.